The molecule has 32 heavy (non-hydrogen) atoms. The van der Waals surface area contributed by atoms with Gasteiger partial charge in [-0.15, -0.1) is 0 Å². The molecule has 0 saturated carbocycles. The van der Waals surface area contributed by atoms with Crippen LogP contribution in [0.15, 0.2) is 48.1 Å². The summed E-state index contributed by atoms with van der Waals surface area (Å²) in [6.07, 6.45) is 11.4. The van der Waals surface area contributed by atoms with Gasteiger partial charge in [0, 0.05) is 49.9 Å². The first kappa shape index (κ1) is 22.7. The van der Waals surface area contributed by atoms with Crippen LogP contribution in [-0.4, -0.2) is 54.4 Å². The molecule has 4 rings (SSSR count). The smallest absolute Gasteiger partial charge is 0.176 e. The van der Waals surface area contributed by atoms with E-state index in [9.17, 15) is 4.79 Å². The van der Waals surface area contributed by atoms with Gasteiger partial charge in [-0.1, -0.05) is 49.3 Å². The minimum atomic E-state index is -0.987. The quantitative estimate of drug-likeness (QED) is 0.329. The van der Waals surface area contributed by atoms with Crippen molar-refractivity contribution < 1.29 is 4.79 Å². The molecule has 1 saturated heterocycles. The zero-order valence-electron chi connectivity index (χ0n) is 19.4. The number of ketones is 1. The second-order valence-corrected chi connectivity index (χ2v) is 9.63. The van der Waals surface area contributed by atoms with Gasteiger partial charge in [0.05, 0.1) is 0 Å². The minimum Gasteiger partial charge on any atom is -0.387 e. The Morgan fingerprint density at radius 3 is 2.84 bits per heavy atom. The number of unbranched alkanes of at least 4 members (excludes halogenated alkanes) is 2. The van der Waals surface area contributed by atoms with E-state index in [1.54, 1.807) is 0 Å². The molecule has 0 amide bonds. The van der Waals surface area contributed by atoms with Gasteiger partial charge in [-0.05, 0) is 44.2 Å². The van der Waals surface area contributed by atoms with Gasteiger partial charge in [0.25, 0.3) is 0 Å². The van der Waals surface area contributed by atoms with Crippen molar-refractivity contribution in [3.8, 4) is 0 Å². The molecular weight excluding hydrogens is 398 g/mol. The summed E-state index contributed by atoms with van der Waals surface area (Å²) < 4.78 is 0. The summed E-state index contributed by atoms with van der Waals surface area (Å²) in [6.45, 7) is 5.19. The third kappa shape index (κ3) is 4.39. The topological polar surface area (TPSA) is 85.4 Å². The van der Waals surface area contributed by atoms with E-state index in [0.717, 1.165) is 56.6 Å². The summed E-state index contributed by atoms with van der Waals surface area (Å²) in [5, 5.41) is 16.5. The third-order valence-corrected chi connectivity index (χ3v) is 7.54. The van der Waals surface area contributed by atoms with E-state index in [1.807, 2.05) is 30.4 Å². The van der Waals surface area contributed by atoms with Gasteiger partial charge in [0.15, 0.2) is 5.78 Å². The van der Waals surface area contributed by atoms with Crippen molar-refractivity contribution in [2.24, 2.45) is 17.1 Å². The molecule has 6 heteroatoms. The number of nitrogens with one attached hydrogen (secondary N) is 2. The minimum absolute atomic E-state index is 0.0200. The fourth-order valence-corrected chi connectivity index (χ4v) is 5.48. The van der Waals surface area contributed by atoms with E-state index in [-0.39, 0.29) is 17.5 Å². The van der Waals surface area contributed by atoms with Crippen molar-refractivity contribution >= 4 is 17.3 Å². The highest BCUT2D eigenvalue weighted by Gasteiger charge is 2.43. The van der Waals surface area contributed by atoms with Crippen molar-refractivity contribution in [1.82, 2.24) is 10.0 Å². The Morgan fingerprint density at radius 2 is 2.09 bits per heavy atom. The summed E-state index contributed by atoms with van der Waals surface area (Å²) in [4.78, 5) is 13.7. The molecule has 0 aromatic heterocycles. The number of carbonyl (C=O) groups excluding carboxylic acids is 1. The molecule has 1 aliphatic carbocycles. The molecule has 2 aliphatic heterocycles. The molecule has 0 radical (unpaired) electrons. The van der Waals surface area contributed by atoms with Crippen LogP contribution in [0.5, 0.6) is 0 Å². The Bertz CT molecular complexity index is 913. The number of allylic oxidation sites excluding steroid dienone is 2. The first-order chi connectivity index (χ1) is 15.4. The molecule has 3 unspecified atom stereocenters. The first-order valence-electron chi connectivity index (χ1n) is 12.0. The van der Waals surface area contributed by atoms with Gasteiger partial charge < -0.3 is 11.1 Å². The number of amidine groups is 1. The zero-order valence-corrected chi connectivity index (χ0v) is 19.4. The molecule has 2 heterocycles. The number of hydrogen-bond donors (Lipinski definition) is 3. The summed E-state index contributed by atoms with van der Waals surface area (Å²) in [6, 6.07) is 8.88. The van der Waals surface area contributed by atoms with Crippen molar-refractivity contribution in [2.45, 2.75) is 51.5 Å². The lowest BCUT2D eigenvalue weighted by Gasteiger charge is -2.35. The van der Waals surface area contributed by atoms with E-state index in [0.29, 0.717) is 12.5 Å². The van der Waals surface area contributed by atoms with E-state index in [2.05, 4.69) is 41.4 Å². The van der Waals surface area contributed by atoms with Crippen LogP contribution < -0.4 is 11.1 Å². The maximum atomic E-state index is 13.7. The summed E-state index contributed by atoms with van der Waals surface area (Å²) >= 11 is 0. The summed E-state index contributed by atoms with van der Waals surface area (Å²) in [7, 11) is 2.16. The number of hydrogen-bond acceptors (Lipinski definition) is 5. The molecule has 172 valence electrons. The maximum Gasteiger partial charge on any atom is 0.176 e. The molecule has 0 bridgehead atoms. The van der Waals surface area contributed by atoms with Crippen LogP contribution in [0.1, 0.15) is 44.6 Å². The number of rotatable bonds is 8. The second-order valence-electron chi connectivity index (χ2n) is 9.63. The number of fused-ring (bicyclic) bond motifs is 1. The zero-order chi connectivity index (χ0) is 22.7. The monoisotopic (exact) mass is 435 g/mol. The van der Waals surface area contributed by atoms with Gasteiger partial charge in [-0.2, -0.15) is 0 Å². The fraction of sp³-hybridized carbons (Fsp3) is 0.538. The van der Waals surface area contributed by atoms with Crippen LogP contribution in [0, 0.1) is 16.7 Å². The largest absolute Gasteiger partial charge is 0.387 e. The van der Waals surface area contributed by atoms with Crippen LogP contribution >= 0.6 is 0 Å². The van der Waals surface area contributed by atoms with Gasteiger partial charge in [0.1, 0.15) is 11.3 Å². The van der Waals surface area contributed by atoms with Crippen LogP contribution in [0.25, 0.3) is 0 Å². The average molecular weight is 436 g/mol. The highest BCUT2D eigenvalue weighted by molar-refractivity contribution is 6.17. The number of benzene rings is 1. The highest BCUT2D eigenvalue weighted by atomic mass is 16.1. The lowest BCUT2D eigenvalue weighted by Crippen LogP contribution is -2.46. The lowest BCUT2D eigenvalue weighted by atomic mass is 9.69. The Kier molecular flexibility index (Phi) is 6.82. The molecular formula is C26H37N5O. The molecule has 1 fully saturated rings. The lowest BCUT2D eigenvalue weighted by molar-refractivity contribution is -0.120. The fourth-order valence-electron chi connectivity index (χ4n) is 5.48. The van der Waals surface area contributed by atoms with E-state index in [4.69, 9.17) is 11.1 Å². The molecule has 0 spiro atoms. The van der Waals surface area contributed by atoms with Gasteiger partial charge >= 0.3 is 0 Å². The van der Waals surface area contributed by atoms with Crippen LogP contribution in [-0.2, 0) is 11.2 Å². The van der Waals surface area contributed by atoms with Crippen LogP contribution in [0.3, 0.4) is 0 Å². The first-order valence-corrected chi connectivity index (χ1v) is 12.0. The van der Waals surface area contributed by atoms with E-state index in [1.165, 1.54) is 12.0 Å². The second kappa shape index (κ2) is 9.59. The highest BCUT2D eigenvalue weighted by Crippen LogP contribution is 2.38. The molecule has 1 aromatic carbocycles. The number of anilines is 1. The predicted octanol–water partition coefficient (Wildman–Crippen LogP) is 3.76. The molecule has 6 nitrogen and oxygen atoms in total. The van der Waals surface area contributed by atoms with Crippen molar-refractivity contribution in [1.29, 1.82) is 5.41 Å². The molecule has 4 N–H and O–H groups in total. The number of carbonyl (C=O) groups is 1. The van der Waals surface area contributed by atoms with Crippen LogP contribution in [0.4, 0.5) is 5.69 Å². The number of Topliss-reactive ketones (excluding diaryl/α,β-unsaturated/α-hetero) is 1. The molecule has 3 atom stereocenters. The van der Waals surface area contributed by atoms with E-state index >= 15 is 0 Å². The molecule has 3 aliphatic rings. The number of hydrazine groups is 1. The number of nitrogens with zero attached hydrogens (tertiary/aromatic N) is 2. The van der Waals surface area contributed by atoms with Crippen LogP contribution in [0.2, 0.25) is 0 Å². The maximum absolute atomic E-state index is 13.7. The Balaban J connectivity index is 1.37. The van der Waals surface area contributed by atoms with Crippen molar-refractivity contribution in [2.75, 3.05) is 32.0 Å². The standard InChI is InChI=1S/C26H37N5O/c1-19-12-16-30(2)31(19)15-7-3-6-13-26(25(27)28)14-8-10-22(24(26)32)21-17-20-9-4-5-11-23(20)29-18-21/h4-5,8-11,14,19,21,29H,3,6-7,12-13,15-18H2,1-2H3,(H3,27,28). The van der Waals surface area contributed by atoms with Crippen molar-refractivity contribution in [3.05, 3.63) is 53.6 Å². The SMILES string of the molecule is CC1CCN(C)N1CCCCCC1(C(=N)N)C=CC=C(C2CNc3ccccc3C2)C1=O. The summed E-state index contributed by atoms with van der Waals surface area (Å²) in [5.74, 6) is 0.0984. The number of nitrogens with two attached hydrogens (primary N) is 1. The van der Waals surface area contributed by atoms with Crippen molar-refractivity contribution in [3.63, 3.8) is 0 Å². The normalized spacial score (nSPS) is 28.3. The van der Waals surface area contributed by atoms with E-state index < -0.39 is 5.41 Å². The molecule has 1 aromatic rings. The van der Waals surface area contributed by atoms with Gasteiger partial charge in [-0.3, -0.25) is 10.2 Å². The summed E-state index contributed by atoms with van der Waals surface area (Å²) in [5.41, 5.74) is 8.27. The average Bonchev–Trinajstić information content (AvgIpc) is 3.11. The Labute approximate surface area is 192 Å². The Hall–Kier alpha value is -2.44. The predicted molar refractivity (Wildman–Crippen MR) is 131 cm³/mol. The number of para-hydroxylation sites is 1. The third-order valence-electron chi connectivity index (χ3n) is 7.54. The van der Waals surface area contributed by atoms with Gasteiger partial charge in [-0.25, -0.2) is 10.0 Å². The Morgan fingerprint density at radius 1 is 1.28 bits per heavy atom. The van der Waals surface area contributed by atoms with Gasteiger partial charge in [0.2, 0.25) is 0 Å².